The van der Waals surface area contributed by atoms with Crippen LogP contribution in [0.1, 0.15) is 5.69 Å². The maximum Gasteiger partial charge on any atom is 0.433 e. The van der Waals surface area contributed by atoms with Crippen molar-refractivity contribution in [3.8, 4) is 11.3 Å². The second-order valence-corrected chi connectivity index (χ2v) is 3.45. The highest BCUT2D eigenvalue weighted by Gasteiger charge is 2.33. The van der Waals surface area contributed by atoms with Gasteiger partial charge in [0.05, 0.1) is 5.69 Å². The Labute approximate surface area is 101 Å². The third-order valence-corrected chi connectivity index (χ3v) is 2.20. The molecule has 4 nitrogen and oxygen atoms in total. The van der Waals surface area contributed by atoms with Gasteiger partial charge in [-0.2, -0.15) is 13.2 Å². The summed E-state index contributed by atoms with van der Waals surface area (Å²) < 4.78 is 38.0. The van der Waals surface area contributed by atoms with Crippen LogP contribution < -0.4 is 5.32 Å². The third kappa shape index (κ3) is 2.55. The van der Waals surface area contributed by atoms with Gasteiger partial charge in [0.15, 0.2) is 5.69 Å². The number of anilines is 1. The van der Waals surface area contributed by atoms with Crippen molar-refractivity contribution < 1.29 is 13.2 Å². The number of nitrogens with one attached hydrogen (secondary N) is 1. The first-order valence-electron chi connectivity index (χ1n) is 5.05. The SMILES string of the molecule is CNc1nc(-c2cccnc2)cc(C(F)(F)F)n1. The zero-order valence-electron chi connectivity index (χ0n) is 9.36. The zero-order chi connectivity index (χ0) is 13.2. The molecule has 2 aromatic rings. The van der Waals surface area contributed by atoms with Gasteiger partial charge < -0.3 is 5.32 Å². The van der Waals surface area contributed by atoms with Gasteiger partial charge in [0, 0.05) is 25.0 Å². The van der Waals surface area contributed by atoms with E-state index in [0.29, 0.717) is 5.56 Å². The maximum atomic E-state index is 12.7. The standard InChI is InChI=1S/C11H9F3N4/c1-15-10-17-8(7-3-2-4-16-6-7)5-9(18-10)11(12,13)14/h2-6H,1H3,(H,15,17,18). The molecule has 0 fully saturated rings. The molecule has 0 aromatic carbocycles. The first-order chi connectivity index (χ1) is 8.50. The molecule has 0 spiro atoms. The van der Waals surface area contributed by atoms with E-state index in [0.717, 1.165) is 6.07 Å². The number of alkyl halides is 3. The number of pyridine rings is 1. The molecule has 2 rings (SSSR count). The Bertz CT molecular complexity index is 540. The number of hydrogen-bond acceptors (Lipinski definition) is 4. The van der Waals surface area contributed by atoms with Crippen molar-refractivity contribution in [2.75, 3.05) is 12.4 Å². The summed E-state index contributed by atoms with van der Waals surface area (Å²) in [6.45, 7) is 0. The van der Waals surface area contributed by atoms with Crippen molar-refractivity contribution in [3.05, 3.63) is 36.3 Å². The van der Waals surface area contributed by atoms with Crippen LogP contribution in [0.15, 0.2) is 30.6 Å². The number of aromatic nitrogens is 3. The summed E-state index contributed by atoms with van der Waals surface area (Å²) >= 11 is 0. The highest BCUT2D eigenvalue weighted by Crippen LogP contribution is 2.30. The lowest BCUT2D eigenvalue weighted by Gasteiger charge is -2.09. The summed E-state index contributed by atoms with van der Waals surface area (Å²) in [5.74, 6) is -0.0799. The minimum Gasteiger partial charge on any atom is -0.357 e. The van der Waals surface area contributed by atoms with E-state index in [1.165, 1.54) is 19.4 Å². The van der Waals surface area contributed by atoms with Crippen LogP contribution in [-0.2, 0) is 6.18 Å². The van der Waals surface area contributed by atoms with E-state index < -0.39 is 11.9 Å². The predicted octanol–water partition coefficient (Wildman–Crippen LogP) is 2.60. The van der Waals surface area contributed by atoms with Crippen LogP contribution >= 0.6 is 0 Å². The molecule has 94 valence electrons. The highest BCUT2D eigenvalue weighted by atomic mass is 19.4. The molecule has 0 saturated carbocycles. The topological polar surface area (TPSA) is 50.7 Å². The predicted molar refractivity (Wildman–Crippen MR) is 59.8 cm³/mol. The summed E-state index contributed by atoms with van der Waals surface area (Å²) in [6.07, 6.45) is -1.53. The molecule has 2 heterocycles. The molecule has 0 aliphatic carbocycles. The molecule has 1 N–H and O–H groups in total. The number of rotatable bonds is 2. The van der Waals surface area contributed by atoms with Gasteiger partial charge in [-0.05, 0) is 18.2 Å². The molecule has 18 heavy (non-hydrogen) atoms. The van der Waals surface area contributed by atoms with Gasteiger partial charge >= 0.3 is 6.18 Å². The lowest BCUT2D eigenvalue weighted by molar-refractivity contribution is -0.141. The third-order valence-electron chi connectivity index (χ3n) is 2.20. The lowest BCUT2D eigenvalue weighted by atomic mass is 10.2. The molecule has 0 saturated heterocycles. The summed E-state index contributed by atoms with van der Waals surface area (Å²) in [5, 5.41) is 2.51. The van der Waals surface area contributed by atoms with Crippen LogP contribution in [0.5, 0.6) is 0 Å². The fourth-order valence-electron chi connectivity index (χ4n) is 1.37. The van der Waals surface area contributed by atoms with Crippen LogP contribution in [0.4, 0.5) is 19.1 Å². The molecule has 0 radical (unpaired) electrons. The molecule has 0 aliphatic heterocycles. The molecule has 7 heteroatoms. The summed E-state index contributed by atoms with van der Waals surface area (Å²) in [5.41, 5.74) is -0.308. The molecule has 0 unspecified atom stereocenters. The zero-order valence-corrected chi connectivity index (χ0v) is 9.36. The van der Waals surface area contributed by atoms with Crippen LogP contribution in [0, 0.1) is 0 Å². The van der Waals surface area contributed by atoms with Crippen molar-refractivity contribution in [1.29, 1.82) is 0 Å². The Kier molecular flexibility index (Phi) is 3.14. The van der Waals surface area contributed by atoms with Crippen molar-refractivity contribution in [3.63, 3.8) is 0 Å². The van der Waals surface area contributed by atoms with Gasteiger partial charge in [-0.3, -0.25) is 4.98 Å². The van der Waals surface area contributed by atoms with Crippen molar-refractivity contribution in [1.82, 2.24) is 15.0 Å². The summed E-state index contributed by atoms with van der Waals surface area (Å²) in [7, 11) is 1.46. The summed E-state index contributed by atoms with van der Waals surface area (Å²) in [6, 6.07) is 4.16. The Balaban J connectivity index is 2.55. The first kappa shape index (κ1) is 12.3. The Hall–Kier alpha value is -2.18. The molecule has 0 bridgehead atoms. The van der Waals surface area contributed by atoms with Crippen molar-refractivity contribution >= 4 is 5.95 Å². The van der Waals surface area contributed by atoms with E-state index in [-0.39, 0.29) is 11.6 Å². The minimum absolute atomic E-state index is 0.0799. The number of halogens is 3. The maximum absolute atomic E-state index is 12.7. The molecular formula is C11H9F3N4. The molecular weight excluding hydrogens is 245 g/mol. The monoisotopic (exact) mass is 254 g/mol. The average Bonchev–Trinajstić information content (AvgIpc) is 2.38. The van der Waals surface area contributed by atoms with Gasteiger partial charge in [0.1, 0.15) is 0 Å². The van der Waals surface area contributed by atoms with Crippen molar-refractivity contribution in [2.24, 2.45) is 0 Å². The molecule has 0 atom stereocenters. The lowest BCUT2D eigenvalue weighted by Crippen LogP contribution is -2.11. The smallest absolute Gasteiger partial charge is 0.357 e. The van der Waals surface area contributed by atoms with Gasteiger partial charge in [-0.15, -0.1) is 0 Å². The minimum atomic E-state index is -4.51. The quantitative estimate of drug-likeness (QED) is 0.895. The fourth-order valence-corrected chi connectivity index (χ4v) is 1.37. The van der Waals surface area contributed by atoms with E-state index in [9.17, 15) is 13.2 Å². The second kappa shape index (κ2) is 4.59. The van der Waals surface area contributed by atoms with Gasteiger partial charge in [0.2, 0.25) is 5.95 Å². The van der Waals surface area contributed by atoms with Crippen LogP contribution in [0.25, 0.3) is 11.3 Å². The number of hydrogen-bond donors (Lipinski definition) is 1. The Morgan fingerprint density at radius 2 is 2.00 bits per heavy atom. The van der Waals surface area contributed by atoms with E-state index in [1.54, 1.807) is 12.1 Å². The van der Waals surface area contributed by atoms with Gasteiger partial charge in [-0.25, -0.2) is 9.97 Å². The van der Waals surface area contributed by atoms with E-state index in [2.05, 4.69) is 20.3 Å². The largest absolute Gasteiger partial charge is 0.433 e. The van der Waals surface area contributed by atoms with Crippen LogP contribution in [0.2, 0.25) is 0 Å². The fraction of sp³-hybridized carbons (Fsp3) is 0.182. The summed E-state index contributed by atoms with van der Waals surface area (Å²) in [4.78, 5) is 11.2. The highest BCUT2D eigenvalue weighted by molar-refractivity contribution is 5.59. The number of nitrogens with zero attached hydrogens (tertiary/aromatic N) is 3. The second-order valence-electron chi connectivity index (χ2n) is 3.45. The van der Waals surface area contributed by atoms with E-state index in [4.69, 9.17) is 0 Å². The van der Waals surface area contributed by atoms with Crippen LogP contribution in [-0.4, -0.2) is 22.0 Å². The molecule has 0 amide bonds. The van der Waals surface area contributed by atoms with E-state index in [1.807, 2.05) is 0 Å². The van der Waals surface area contributed by atoms with Crippen molar-refractivity contribution in [2.45, 2.75) is 6.18 Å². The molecule has 2 aromatic heterocycles. The average molecular weight is 254 g/mol. The van der Waals surface area contributed by atoms with Gasteiger partial charge in [-0.1, -0.05) is 0 Å². The van der Waals surface area contributed by atoms with Gasteiger partial charge in [0.25, 0.3) is 0 Å². The normalized spacial score (nSPS) is 11.3. The molecule has 0 aliphatic rings. The Morgan fingerprint density at radius 3 is 2.56 bits per heavy atom. The Morgan fingerprint density at radius 1 is 1.22 bits per heavy atom. The van der Waals surface area contributed by atoms with E-state index >= 15 is 0 Å². The first-order valence-corrected chi connectivity index (χ1v) is 5.05. The van der Waals surface area contributed by atoms with Crippen LogP contribution in [0.3, 0.4) is 0 Å².